The number of carbonyl (C=O) groups is 2. The van der Waals surface area contributed by atoms with Gasteiger partial charge in [-0.05, 0) is 36.4 Å². The van der Waals surface area contributed by atoms with Gasteiger partial charge >= 0.3 is 0 Å². The highest BCUT2D eigenvalue weighted by Gasteiger charge is 2.12. The highest BCUT2D eigenvalue weighted by atomic mass is 19.1. The first kappa shape index (κ1) is 12.9. The number of H-pyrrole nitrogens is 2. The van der Waals surface area contributed by atoms with Crippen LogP contribution in [0, 0.1) is 5.82 Å². The topological polar surface area (TPSA) is 89.8 Å². The van der Waals surface area contributed by atoms with Gasteiger partial charge in [-0.3, -0.25) is 20.4 Å². The molecule has 2 aromatic heterocycles. The first-order chi connectivity index (χ1) is 10.1. The molecule has 0 aliphatic carbocycles. The molecular formula is C14H11FN4O2. The lowest BCUT2D eigenvalue weighted by molar-refractivity contribution is 0.0842. The Morgan fingerprint density at radius 3 is 2.48 bits per heavy atom. The number of halogens is 1. The van der Waals surface area contributed by atoms with Crippen molar-refractivity contribution >= 4 is 22.7 Å². The van der Waals surface area contributed by atoms with Crippen LogP contribution in [0.2, 0.25) is 0 Å². The van der Waals surface area contributed by atoms with Crippen molar-refractivity contribution in [2.45, 2.75) is 0 Å². The maximum Gasteiger partial charge on any atom is 0.286 e. The Balaban J connectivity index is 1.70. The van der Waals surface area contributed by atoms with Crippen LogP contribution in [-0.4, -0.2) is 21.8 Å². The molecule has 4 N–H and O–H groups in total. The average molecular weight is 286 g/mol. The summed E-state index contributed by atoms with van der Waals surface area (Å²) in [6.45, 7) is 0. The van der Waals surface area contributed by atoms with E-state index in [1.54, 1.807) is 24.4 Å². The lowest BCUT2D eigenvalue weighted by Gasteiger charge is -2.04. The number of fused-ring (bicyclic) bond motifs is 1. The fourth-order valence-corrected chi connectivity index (χ4v) is 1.95. The maximum atomic E-state index is 13.1. The molecule has 0 atom stereocenters. The smallest absolute Gasteiger partial charge is 0.286 e. The summed E-state index contributed by atoms with van der Waals surface area (Å²) in [5.41, 5.74) is 5.74. The molecule has 0 aliphatic rings. The number of hydrogen-bond donors (Lipinski definition) is 4. The van der Waals surface area contributed by atoms with E-state index < -0.39 is 11.8 Å². The third kappa shape index (κ3) is 2.62. The van der Waals surface area contributed by atoms with E-state index in [-0.39, 0.29) is 11.5 Å². The Kier molecular flexibility index (Phi) is 3.15. The van der Waals surface area contributed by atoms with E-state index in [4.69, 9.17) is 0 Å². The lowest BCUT2D eigenvalue weighted by Crippen LogP contribution is -2.41. The Labute approximate surface area is 118 Å². The van der Waals surface area contributed by atoms with Gasteiger partial charge in [-0.1, -0.05) is 0 Å². The number of rotatable bonds is 2. The van der Waals surface area contributed by atoms with E-state index >= 15 is 0 Å². The van der Waals surface area contributed by atoms with Crippen molar-refractivity contribution < 1.29 is 14.0 Å². The number of aromatic amines is 2. The molecule has 0 saturated carbocycles. The van der Waals surface area contributed by atoms with Gasteiger partial charge in [0.2, 0.25) is 0 Å². The van der Waals surface area contributed by atoms with Gasteiger partial charge in [0.25, 0.3) is 11.8 Å². The first-order valence-corrected chi connectivity index (χ1v) is 6.16. The lowest BCUT2D eigenvalue weighted by atomic mass is 10.2. The Morgan fingerprint density at radius 2 is 1.76 bits per heavy atom. The summed E-state index contributed by atoms with van der Waals surface area (Å²) in [4.78, 5) is 29.1. The van der Waals surface area contributed by atoms with Crippen LogP contribution in [0.15, 0.2) is 42.6 Å². The van der Waals surface area contributed by atoms with Gasteiger partial charge in [0, 0.05) is 17.1 Å². The minimum absolute atomic E-state index is 0.224. The van der Waals surface area contributed by atoms with Crippen molar-refractivity contribution in [2.75, 3.05) is 0 Å². The van der Waals surface area contributed by atoms with E-state index in [0.29, 0.717) is 16.6 Å². The molecule has 7 heteroatoms. The summed E-state index contributed by atoms with van der Waals surface area (Å²) in [7, 11) is 0. The molecule has 0 saturated heterocycles. The van der Waals surface area contributed by atoms with Gasteiger partial charge in [0.05, 0.1) is 0 Å². The molecule has 0 aliphatic heterocycles. The highest BCUT2D eigenvalue weighted by molar-refractivity contribution is 6.00. The van der Waals surface area contributed by atoms with Crippen molar-refractivity contribution in [2.24, 2.45) is 0 Å². The number of aromatic nitrogens is 2. The van der Waals surface area contributed by atoms with Gasteiger partial charge in [0.1, 0.15) is 17.2 Å². The summed E-state index contributed by atoms with van der Waals surface area (Å²) >= 11 is 0. The van der Waals surface area contributed by atoms with E-state index in [9.17, 15) is 14.0 Å². The Hall–Kier alpha value is -3.09. The second kappa shape index (κ2) is 5.12. The molecule has 3 rings (SSSR count). The van der Waals surface area contributed by atoms with E-state index in [0.717, 1.165) is 0 Å². The molecule has 106 valence electrons. The SMILES string of the molecule is O=C(NNC(=O)c1cc2cc(F)ccc2[nH]1)c1ccc[nH]1. The molecular weight excluding hydrogens is 275 g/mol. The first-order valence-electron chi connectivity index (χ1n) is 6.16. The van der Waals surface area contributed by atoms with Gasteiger partial charge in [-0.15, -0.1) is 0 Å². The van der Waals surface area contributed by atoms with Gasteiger partial charge in [0.15, 0.2) is 0 Å². The molecule has 0 fully saturated rings. The maximum absolute atomic E-state index is 13.1. The number of hydrazine groups is 1. The zero-order chi connectivity index (χ0) is 14.8. The predicted octanol–water partition coefficient (Wildman–Crippen LogP) is 1.71. The number of carbonyl (C=O) groups excluding carboxylic acids is 2. The highest BCUT2D eigenvalue weighted by Crippen LogP contribution is 2.16. The van der Waals surface area contributed by atoms with Crippen LogP contribution < -0.4 is 10.9 Å². The monoisotopic (exact) mass is 286 g/mol. The van der Waals surface area contributed by atoms with Gasteiger partial charge in [-0.2, -0.15) is 0 Å². The largest absolute Gasteiger partial charge is 0.357 e. The Morgan fingerprint density at radius 1 is 1.00 bits per heavy atom. The third-order valence-electron chi connectivity index (χ3n) is 2.96. The number of benzene rings is 1. The van der Waals surface area contributed by atoms with Crippen LogP contribution >= 0.6 is 0 Å². The molecule has 0 spiro atoms. The molecule has 2 amide bonds. The van der Waals surface area contributed by atoms with Crippen molar-refractivity contribution in [1.29, 1.82) is 0 Å². The number of hydrogen-bond acceptors (Lipinski definition) is 2. The standard InChI is InChI=1S/C14H11FN4O2/c15-9-3-4-10-8(6-9)7-12(17-10)14(21)19-18-13(20)11-2-1-5-16-11/h1-7,16-17H,(H,18,20)(H,19,21). The van der Waals surface area contributed by atoms with Crippen LogP contribution in [0.4, 0.5) is 4.39 Å². The van der Waals surface area contributed by atoms with Gasteiger partial charge in [-0.25, -0.2) is 4.39 Å². The van der Waals surface area contributed by atoms with Crippen LogP contribution in [0.1, 0.15) is 21.0 Å². The summed E-state index contributed by atoms with van der Waals surface area (Å²) in [6.07, 6.45) is 1.60. The van der Waals surface area contributed by atoms with Crippen LogP contribution in [0.5, 0.6) is 0 Å². The molecule has 21 heavy (non-hydrogen) atoms. The summed E-state index contributed by atoms with van der Waals surface area (Å²) in [5.74, 6) is -1.37. The fraction of sp³-hybridized carbons (Fsp3) is 0. The molecule has 0 radical (unpaired) electrons. The third-order valence-corrected chi connectivity index (χ3v) is 2.96. The van der Waals surface area contributed by atoms with Crippen molar-refractivity contribution in [3.8, 4) is 0 Å². The molecule has 6 nitrogen and oxygen atoms in total. The molecule has 1 aromatic carbocycles. The second-order valence-electron chi connectivity index (χ2n) is 4.41. The summed E-state index contributed by atoms with van der Waals surface area (Å²) in [5, 5.41) is 0.579. The molecule has 3 aromatic rings. The van der Waals surface area contributed by atoms with Crippen LogP contribution in [0.3, 0.4) is 0 Å². The molecule has 0 unspecified atom stereocenters. The zero-order valence-corrected chi connectivity index (χ0v) is 10.7. The average Bonchev–Trinajstić information content (AvgIpc) is 3.12. The van der Waals surface area contributed by atoms with E-state index in [1.165, 1.54) is 18.2 Å². The summed E-state index contributed by atoms with van der Waals surface area (Å²) in [6, 6.07) is 8.91. The quantitative estimate of drug-likeness (QED) is 0.540. The zero-order valence-electron chi connectivity index (χ0n) is 10.7. The number of nitrogens with one attached hydrogen (secondary N) is 4. The van der Waals surface area contributed by atoms with Crippen LogP contribution in [-0.2, 0) is 0 Å². The molecule has 0 bridgehead atoms. The van der Waals surface area contributed by atoms with E-state index in [1.807, 2.05) is 0 Å². The van der Waals surface area contributed by atoms with E-state index in [2.05, 4.69) is 20.8 Å². The van der Waals surface area contributed by atoms with Crippen molar-refractivity contribution in [3.05, 3.63) is 59.8 Å². The minimum atomic E-state index is -0.522. The fourth-order valence-electron chi connectivity index (χ4n) is 1.95. The number of amides is 2. The van der Waals surface area contributed by atoms with Gasteiger partial charge < -0.3 is 9.97 Å². The normalized spacial score (nSPS) is 10.5. The Bertz CT molecular complexity index is 808. The second-order valence-corrected chi connectivity index (χ2v) is 4.41. The van der Waals surface area contributed by atoms with Crippen LogP contribution in [0.25, 0.3) is 10.9 Å². The minimum Gasteiger partial charge on any atom is -0.357 e. The predicted molar refractivity (Wildman–Crippen MR) is 74.0 cm³/mol. The molecule has 2 heterocycles. The summed E-state index contributed by atoms with van der Waals surface area (Å²) < 4.78 is 13.1. The van der Waals surface area contributed by atoms with Crippen molar-refractivity contribution in [1.82, 2.24) is 20.8 Å². The van der Waals surface area contributed by atoms with Crippen molar-refractivity contribution in [3.63, 3.8) is 0 Å².